The minimum Gasteiger partial charge on any atom is -0.379 e. The fourth-order valence-electron chi connectivity index (χ4n) is 4.76. The van der Waals surface area contributed by atoms with Gasteiger partial charge >= 0.3 is 0 Å². The van der Waals surface area contributed by atoms with E-state index in [1.54, 1.807) is 12.1 Å². The third kappa shape index (κ3) is 5.33. The number of H-pyrrole nitrogens is 1. The van der Waals surface area contributed by atoms with Crippen molar-refractivity contribution in [2.75, 3.05) is 32.8 Å². The lowest BCUT2D eigenvalue weighted by molar-refractivity contribution is 0.0340. The number of ether oxygens (including phenoxy) is 1. The number of sulfonamides is 1. The van der Waals surface area contributed by atoms with Crippen LogP contribution in [0.5, 0.6) is 0 Å². The highest BCUT2D eigenvalue weighted by molar-refractivity contribution is 7.89. The molecule has 1 aromatic heterocycles. The second-order valence-electron chi connectivity index (χ2n) is 9.08. The number of rotatable bonds is 7. The first-order chi connectivity index (χ1) is 17.7. The van der Waals surface area contributed by atoms with Crippen molar-refractivity contribution >= 4 is 15.8 Å². The molecule has 12 heteroatoms. The van der Waals surface area contributed by atoms with Gasteiger partial charge in [0.25, 0.3) is 0 Å². The SMILES string of the molecule is O=C(Cc1n[nH]c2c1CN(S(=O)(=O)c1cc(F)cc(F)c1)CC2)c1c(F)cccc1CN1CCOCC1. The van der Waals surface area contributed by atoms with Crippen LogP contribution in [0.2, 0.25) is 0 Å². The minimum atomic E-state index is -4.20. The van der Waals surface area contributed by atoms with Crippen LogP contribution in [0.25, 0.3) is 0 Å². The van der Waals surface area contributed by atoms with Crippen LogP contribution in [-0.4, -0.2) is 66.5 Å². The Morgan fingerprint density at radius 3 is 2.51 bits per heavy atom. The number of fused-ring (bicyclic) bond motifs is 1. The fourth-order valence-corrected chi connectivity index (χ4v) is 6.21. The van der Waals surface area contributed by atoms with Crippen LogP contribution >= 0.6 is 0 Å². The number of aromatic nitrogens is 2. The Hall–Kier alpha value is -3.06. The van der Waals surface area contributed by atoms with E-state index in [0.29, 0.717) is 61.4 Å². The molecule has 0 aliphatic carbocycles. The van der Waals surface area contributed by atoms with Crippen LogP contribution in [0.3, 0.4) is 0 Å². The van der Waals surface area contributed by atoms with E-state index in [-0.39, 0.29) is 31.5 Å². The molecule has 0 amide bonds. The molecule has 3 aromatic rings. The lowest BCUT2D eigenvalue weighted by Crippen LogP contribution is -2.36. The van der Waals surface area contributed by atoms with E-state index in [4.69, 9.17) is 4.74 Å². The fraction of sp³-hybridized carbons (Fsp3) is 0.360. The molecule has 37 heavy (non-hydrogen) atoms. The average Bonchev–Trinajstić information content (AvgIpc) is 3.26. The summed E-state index contributed by atoms with van der Waals surface area (Å²) in [5.74, 6) is -3.09. The summed E-state index contributed by atoms with van der Waals surface area (Å²) in [6.07, 6.45) is 0.0425. The van der Waals surface area contributed by atoms with Crippen molar-refractivity contribution in [1.29, 1.82) is 0 Å². The topological polar surface area (TPSA) is 95.6 Å². The predicted octanol–water partition coefficient (Wildman–Crippen LogP) is 2.83. The molecular formula is C25H25F3N4O4S. The van der Waals surface area contributed by atoms with E-state index in [2.05, 4.69) is 15.1 Å². The second-order valence-corrected chi connectivity index (χ2v) is 11.0. The number of Topliss-reactive ketones (excluding diaryl/α,β-unsaturated/α-hetero) is 1. The first-order valence-corrected chi connectivity index (χ1v) is 13.3. The van der Waals surface area contributed by atoms with E-state index in [0.717, 1.165) is 16.4 Å². The summed E-state index contributed by atoms with van der Waals surface area (Å²) < 4.78 is 74.8. The van der Waals surface area contributed by atoms with E-state index in [1.165, 1.54) is 6.07 Å². The predicted molar refractivity (Wildman–Crippen MR) is 127 cm³/mol. The maximum absolute atomic E-state index is 14.9. The van der Waals surface area contributed by atoms with Gasteiger partial charge < -0.3 is 4.74 Å². The molecule has 0 spiro atoms. The third-order valence-corrected chi connectivity index (χ3v) is 8.49. The number of benzene rings is 2. The van der Waals surface area contributed by atoms with E-state index >= 15 is 0 Å². The standard InChI is InChI=1S/C25H25F3N4O4S/c26-17-10-18(27)12-19(11-17)37(34,35)32-5-4-22-20(15-32)23(30-29-22)13-24(33)25-16(2-1-3-21(25)28)14-31-6-8-36-9-7-31/h1-3,10-12H,4-9,13-15H2,(H,29,30). The molecular weight excluding hydrogens is 509 g/mol. The highest BCUT2D eigenvalue weighted by Crippen LogP contribution is 2.28. The van der Waals surface area contributed by atoms with Crippen molar-refractivity contribution in [3.63, 3.8) is 0 Å². The van der Waals surface area contributed by atoms with Crippen molar-refractivity contribution in [3.8, 4) is 0 Å². The number of morpholine rings is 1. The zero-order chi connectivity index (χ0) is 26.2. The summed E-state index contributed by atoms with van der Waals surface area (Å²) in [5.41, 5.74) is 2.04. The molecule has 0 saturated carbocycles. The first-order valence-electron chi connectivity index (χ1n) is 11.8. The van der Waals surface area contributed by atoms with Gasteiger partial charge in [-0.25, -0.2) is 21.6 Å². The zero-order valence-corrected chi connectivity index (χ0v) is 20.7. The maximum Gasteiger partial charge on any atom is 0.243 e. The number of ketones is 1. The number of hydrogen-bond donors (Lipinski definition) is 1. The summed E-state index contributed by atoms with van der Waals surface area (Å²) >= 11 is 0. The molecule has 8 nitrogen and oxygen atoms in total. The minimum absolute atomic E-state index is 0.0127. The van der Waals surface area contributed by atoms with Gasteiger partial charge in [0.1, 0.15) is 17.5 Å². The molecule has 2 aromatic carbocycles. The molecule has 2 aliphatic rings. The van der Waals surface area contributed by atoms with Crippen molar-refractivity contribution in [1.82, 2.24) is 19.4 Å². The van der Waals surface area contributed by atoms with Gasteiger partial charge in [0.05, 0.1) is 35.8 Å². The van der Waals surface area contributed by atoms with Crippen LogP contribution < -0.4 is 0 Å². The van der Waals surface area contributed by atoms with E-state index in [1.807, 2.05) is 0 Å². The zero-order valence-electron chi connectivity index (χ0n) is 19.8. The van der Waals surface area contributed by atoms with Crippen molar-refractivity contribution in [2.45, 2.75) is 30.8 Å². The third-order valence-electron chi connectivity index (χ3n) is 6.66. The van der Waals surface area contributed by atoms with Crippen LogP contribution in [0.4, 0.5) is 13.2 Å². The monoisotopic (exact) mass is 534 g/mol. The Bertz CT molecular complexity index is 1420. The number of hydrogen-bond acceptors (Lipinski definition) is 6. The van der Waals surface area contributed by atoms with Gasteiger partial charge in [-0.15, -0.1) is 0 Å². The Balaban J connectivity index is 1.38. The van der Waals surface area contributed by atoms with Crippen molar-refractivity contribution < 1.29 is 31.1 Å². The normalized spacial score (nSPS) is 17.1. The molecule has 0 radical (unpaired) electrons. The van der Waals surface area contributed by atoms with Gasteiger partial charge in [0, 0.05) is 56.5 Å². The number of aromatic amines is 1. The number of carbonyl (C=O) groups excluding carboxylic acids is 1. The van der Waals surface area contributed by atoms with Gasteiger partial charge in [0.2, 0.25) is 10.0 Å². The van der Waals surface area contributed by atoms with Gasteiger partial charge in [0.15, 0.2) is 5.78 Å². The quantitative estimate of drug-likeness (QED) is 0.469. The van der Waals surface area contributed by atoms with Gasteiger partial charge in [-0.05, 0) is 23.8 Å². The van der Waals surface area contributed by atoms with E-state index < -0.39 is 38.2 Å². The molecule has 1 saturated heterocycles. The van der Waals surface area contributed by atoms with Crippen molar-refractivity contribution in [2.24, 2.45) is 0 Å². The van der Waals surface area contributed by atoms with Crippen molar-refractivity contribution in [3.05, 3.63) is 81.9 Å². The highest BCUT2D eigenvalue weighted by atomic mass is 32.2. The van der Waals surface area contributed by atoms with Crippen LogP contribution in [0.1, 0.15) is 32.9 Å². The molecule has 0 unspecified atom stereocenters. The van der Waals surface area contributed by atoms with Crippen LogP contribution in [-0.2, 0) is 40.7 Å². The molecule has 5 rings (SSSR count). The second kappa shape index (κ2) is 10.4. The van der Waals surface area contributed by atoms with Crippen LogP contribution in [0, 0.1) is 17.5 Å². The smallest absolute Gasteiger partial charge is 0.243 e. The number of carbonyl (C=O) groups is 1. The van der Waals surface area contributed by atoms with Gasteiger partial charge in [-0.1, -0.05) is 12.1 Å². The molecule has 0 bridgehead atoms. The largest absolute Gasteiger partial charge is 0.379 e. The van der Waals surface area contributed by atoms with Gasteiger partial charge in [-0.2, -0.15) is 9.40 Å². The molecule has 0 atom stereocenters. The summed E-state index contributed by atoms with van der Waals surface area (Å²) in [6.45, 7) is 2.83. The Morgan fingerprint density at radius 2 is 1.78 bits per heavy atom. The molecule has 196 valence electrons. The maximum atomic E-state index is 14.9. The van der Waals surface area contributed by atoms with E-state index in [9.17, 15) is 26.4 Å². The Morgan fingerprint density at radius 1 is 1.05 bits per heavy atom. The summed E-state index contributed by atoms with van der Waals surface area (Å²) in [7, 11) is -4.20. The molecule has 3 heterocycles. The molecule has 1 fully saturated rings. The number of halogens is 3. The summed E-state index contributed by atoms with van der Waals surface area (Å²) in [5, 5.41) is 7.07. The average molecular weight is 535 g/mol. The summed E-state index contributed by atoms with van der Waals surface area (Å²) in [6, 6.07) is 6.66. The Kier molecular flexibility index (Phi) is 7.17. The lowest BCUT2D eigenvalue weighted by atomic mass is 9.97. The summed E-state index contributed by atoms with van der Waals surface area (Å²) in [4.78, 5) is 14.9. The number of nitrogens with one attached hydrogen (secondary N) is 1. The number of nitrogens with zero attached hydrogens (tertiary/aromatic N) is 3. The van der Waals surface area contributed by atoms with Gasteiger partial charge in [-0.3, -0.25) is 14.8 Å². The highest BCUT2D eigenvalue weighted by Gasteiger charge is 2.32. The first kappa shape index (κ1) is 25.6. The molecule has 1 N–H and O–H groups in total. The molecule has 2 aliphatic heterocycles. The lowest BCUT2D eigenvalue weighted by Gasteiger charge is -2.27. The Labute approximate surface area is 212 Å². The van der Waals surface area contributed by atoms with Crippen LogP contribution in [0.15, 0.2) is 41.3 Å².